The molecule has 0 unspecified atom stereocenters. The highest BCUT2D eigenvalue weighted by atomic mass is 19.4. The summed E-state index contributed by atoms with van der Waals surface area (Å²) in [5.41, 5.74) is 1.57. The van der Waals surface area contributed by atoms with E-state index in [1.807, 2.05) is 0 Å². The summed E-state index contributed by atoms with van der Waals surface area (Å²) in [5.74, 6) is 0.431. The van der Waals surface area contributed by atoms with Crippen LogP contribution in [0.3, 0.4) is 0 Å². The zero-order valence-electron chi connectivity index (χ0n) is 13.7. The number of terminal acetylenes is 1. The van der Waals surface area contributed by atoms with E-state index in [2.05, 4.69) is 31.0 Å². The van der Waals surface area contributed by atoms with E-state index in [1.54, 1.807) is 35.1 Å². The Labute approximate surface area is 151 Å². The van der Waals surface area contributed by atoms with Crippen LogP contribution in [-0.2, 0) is 12.7 Å². The Morgan fingerprint density at radius 1 is 1.30 bits per heavy atom. The lowest BCUT2D eigenvalue weighted by Crippen LogP contribution is -2.22. The van der Waals surface area contributed by atoms with E-state index in [0.717, 1.165) is 5.56 Å². The second kappa shape index (κ2) is 7.33. The molecule has 0 saturated heterocycles. The van der Waals surface area contributed by atoms with Gasteiger partial charge in [0.2, 0.25) is 5.82 Å². The minimum atomic E-state index is -4.69. The zero-order valence-corrected chi connectivity index (χ0v) is 13.7. The number of rotatable bonds is 5. The van der Waals surface area contributed by atoms with Gasteiger partial charge >= 0.3 is 12.1 Å². The molecule has 0 aliphatic heterocycles. The summed E-state index contributed by atoms with van der Waals surface area (Å²) in [6.07, 6.45) is 3.38. The molecule has 7 nitrogen and oxygen atoms in total. The van der Waals surface area contributed by atoms with Crippen LogP contribution < -0.4 is 5.32 Å². The number of hydrogen-bond donors (Lipinski definition) is 1. The number of aromatic nitrogens is 4. The summed E-state index contributed by atoms with van der Waals surface area (Å²) in [6.45, 7) is 0.486. The minimum absolute atomic E-state index is 0.123. The van der Waals surface area contributed by atoms with Crippen LogP contribution in [0.2, 0.25) is 0 Å². The van der Waals surface area contributed by atoms with Crippen LogP contribution in [0.5, 0.6) is 0 Å². The van der Waals surface area contributed by atoms with Crippen LogP contribution in [0.25, 0.3) is 11.4 Å². The van der Waals surface area contributed by atoms with Crippen molar-refractivity contribution < 1.29 is 22.5 Å². The predicted molar refractivity (Wildman–Crippen MR) is 87.2 cm³/mol. The summed E-state index contributed by atoms with van der Waals surface area (Å²) in [5, 5.41) is 9.96. The van der Waals surface area contributed by atoms with Crippen molar-refractivity contribution in [2.75, 3.05) is 6.54 Å². The molecule has 2 aromatic heterocycles. The monoisotopic (exact) mass is 375 g/mol. The largest absolute Gasteiger partial charge is 0.471 e. The molecule has 3 rings (SSSR count). The van der Waals surface area contributed by atoms with Crippen molar-refractivity contribution in [3.8, 4) is 23.7 Å². The highest BCUT2D eigenvalue weighted by Crippen LogP contribution is 2.29. The fraction of sp³-hybridized carbons (Fsp3) is 0.176. The maximum Gasteiger partial charge on any atom is 0.471 e. The molecular formula is C17H12F3N5O2. The van der Waals surface area contributed by atoms with Crippen LogP contribution in [-0.4, -0.2) is 32.4 Å². The van der Waals surface area contributed by atoms with Gasteiger partial charge in [-0.05, 0) is 5.56 Å². The summed E-state index contributed by atoms with van der Waals surface area (Å²) >= 11 is 0. The van der Waals surface area contributed by atoms with Crippen LogP contribution in [0, 0.1) is 12.3 Å². The van der Waals surface area contributed by atoms with Crippen molar-refractivity contribution in [2.45, 2.75) is 12.7 Å². The molecule has 1 amide bonds. The third-order valence-corrected chi connectivity index (χ3v) is 3.47. The fourth-order valence-corrected chi connectivity index (χ4v) is 2.20. The lowest BCUT2D eigenvalue weighted by molar-refractivity contribution is -0.159. The van der Waals surface area contributed by atoms with E-state index in [4.69, 9.17) is 6.42 Å². The Hall–Kier alpha value is -3.61. The summed E-state index contributed by atoms with van der Waals surface area (Å²) in [7, 11) is 0. The molecule has 1 N–H and O–H groups in total. The Kier molecular flexibility index (Phi) is 4.94. The van der Waals surface area contributed by atoms with Gasteiger partial charge in [0.25, 0.3) is 5.91 Å². The van der Waals surface area contributed by atoms with E-state index >= 15 is 0 Å². The molecule has 0 saturated carbocycles. The second-order valence-electron chi connectivity index (χ2n) is 5.43. The fourth-order valence-electron chi connectivity index (χ4n) is 2.20. The van der Waals surface area contributed by atoms with E-state index in [0.29, 0.717) is 17.7 Å². The Morgan fingerprint density at radius 3 is 2.67 bits per heavy atom. The Bertz CT molecular complexity index is 983. The van der Waals surface area contributed by atoms with Crippen LogP contribution in [0.4, 0.5) is 13.2 Å². The van der Waals surface area contributed by atoms with Crippen LogP contribution >= 0.6 is 0 Å². The first-order chi connectivity index (χ1) is 12.9. The van der Waals surface area contributed by atoms with Gasteiger partial charge in [-0.1, -0.05) is 35.3 Å². The van der Waals surface area contributed by atoms with Crippen molar-refractivity contribution in [3.05, 3.63) is 53.7 Å². The predicted octanol–water partition coefficient (Wildman–Crippen LogP) is 2.36. The minimum Gasteiger partial charge on any atom is -0.341 e. The standard InChI is InChI=1S/C17H12F3N5O2/c1-2-7-21-15(26)13-8-22-25(10-13)9-11-3-5-12(6-4-11)14-23-16(27-24-14)17(18,19)20/h1,3-6,8,10H,7,9H2,(H,21,26). The molecule has 3 aromatic rings. The molecule has 2 heterocycles. The molecule has 27 heavy (non-hydrogen) atoms. The first kappa shape index (κ1) is 18.2. The molecule has 1 aromatic carbocycles. The first-order valence-corrected chi connectivity index (χ1v) is 7.61. The maximum absolute atomic E-state index is 12.5. The highest BCUT2D eigenvalue weighted by molar-refractivity contribution is 5.93. The van der Waals surface area contributed by atoms with Crippen molar-refractivity contribution in [1.29, 1.82) is 0 Å². The van der Waals surface area contributed by atoms with Gasteiger partial charge < -0.3 is 9.84 Å². The van der Waals surface area contributed by atoms with Gasteiger partial charge in [0, 0.05) is 11.8 Å². The van der Waals surface area contributed by atoms with Gasteiger partial charge in [-0.15, -0.1) is 6.42 Å². The van der Waals surface area contributed by atoms with E-state index in [1.165, 1.54) is 6.20 Å². The third-order valence-electron chi connectivity index (χ3n) is 3.47. The van der Waals surface area contributed by atoms with Gasteiger partial charge in [-0.3, -0.25) is 9.48 Å². The highest BCUT2D eigenvalue weighted by Gasteiger charge is 2.38. The summed E-state index contributed by atoms with van der Waals surface area (Å²) in [6, 6.07) is 6.53. The SMILES string of the molecule is C#CCNC(=O)c1cnn(Cc2ccc(-c3noc(C(F)(F)F)n3)cc2)c1. The average Bonchev–Trinajstić information content (AvgIpc) is 3.30. The normalized spacial score (nSPS) is 11.2. The number of carbonyl (C=O) groups is 1. The van der Waals surface area contributed by atoms with Gasteiger partial charge in [-0.25, -0.2) is 0 Å². The van der Waals surface area contributed by atoms with E-state index in [-0.39, 0.29) is 18.3 Å². The topological polar surface area (TPSA) is 85.8 Å². The van der Waals surface area contributed by atoms with Crippen molar-refractivity contribution >= 4 is 5.91 Å². The quantitative estimate of drug-likeness (QED) is 0.692. The van der Waals surface area contributed by atoms with E-state index in [9.17, 15) is 18.0 Å². The number of nitrogens with one attached hydrogen (secondary N) is 1. The van der Waals surface area contributed by atoms with E-state index < -0.39 is 12.1 Å². The van der Waals surface area contributed by atoms with Gasteiger partial charge in [-0.2, -0.15) is 23.3 Å². The molecule has 0 radical (unpaired) electrons. The van der Waals surface area contributed by atoms with Crippen LogP contribution in [0.15, 0.2) is 41.2 Å². The molecule has 0 atom stereocenters. The molecular weight excluding hydrogens is 363 g/mol. The summed E-state index contributed by atoms with van der Waals surface area (Å²) in [4.78, 5) is 15.1. The van der Waals surface area contributed by atoms with Gasteiger partial charge in [0.05, 0.1) is 24.8 Å². The number of amides is 1. The Morgan fingerprint density at radius 2 is 2.04 bits per heavy atom. The lowest BCUT2D eigenvalue weighted by atomic mass is 10.1. The zero-order chi connectivity index (χ0) is 19.4. The molecule has 138 valence electrons. The lowest BCUT2D eigenvalue weighted by Gasteiger charge is -2.03. The summed E-state index contributed by atoms with van der Waals surface area (Å²) < 4.78 is 43.3. The molecule has 0 aliphatic carbocycles. The average molecular weight is 375 g/mol. The van der Waals surface area contributed by atoms with Crippen molar-refractivity contribution in [3.63, 3.8) is 0 Å². The maximum atomic E-state index is 12.5. The van der Waals surface area contributed by atoms with Gasteiger partial charge in [0.15, 0.2) is 0 Å². The number of nitrogens with zero attached hydrogens (tertiary/aromatic N) is 4. The van der Waals surface area contributed by atoms with Crippen molar-refractivity contribution in [1.82, 2.24) is 25.2 Å². The number of carbonyl (C=O) groups excluding carboxylic acids is 1. The van der Waals surface area contributed by atoms with Gasteiger partial charge in [0.1, 0.15) is 0 Å². The molecule has 0 spiro atoms. The first-order valence-electron chi connectivity index (χ1n) is 7.61. The van der Waals surface area contributed by atoms with Crippen molar-refractivity contribution in [2.24, 2.45) is 0 Å². The number of alkyl halides is 3. The molecule has 0 fully saturated rings. The number of hydrogen-bond acceptors (Lipinski definition) is 5. The molecule has 10 heteroatoms. The smallest absolute Gasteiger partial charge is 0.341 e. The number of benzene rings is 1. The number of halogens is 3. The Balaban J connectivity index is 1.68. The molecule has 0 aliphatic rings. The third kappa shape index (κ3) is 4.33. The van der Waals surface area contributed by atoms with Crippen LogP contribution in [0.1, 0.15) is 21.8 Å². The second-order valence-corrected chi connectivity index (χ2v) is 5.43. The molecule has 0 bridgehead atoms.